The summed E-state index contributed by atoms with van der Waals surface area (Å²) in [7, 11) is 0. The Morgan fingerprint density at radius 2 is 2.15 bits per heavy atom. The van der Waals surface area contributed by atoms with Gasteiger partial charge in [-0.3, -0.25) is 9.36 Å². The molecule has 13 heavy (non-hydrogen) atoms. The van der Waals surface area contributed by atoms with Crippen LogP contribution in [0.5, 0.6) is 0 Å². The summed E-state index contributed by atoms with van der Waals surface area (Å²) in [6.45, 7) is 0. The van der Waals surface area contributed by atoms with E-state index in [4.69, 9.17) is 11.6 Å². The second kappa shape index (κ2) is 5.17. The van der Waals surface area contributed by atoms with Crippen LogP contribution in [0.4, 0.5) is 0 Å². The van der Waals surface area contributed by atoms with Gasteiger partial charge in [0.1, 0.15) is 5.88 Å². The largest absolute Gasteiger partial charge is 0.289 e. The molecule has 0 aliphatic carbocycles. The number of rotatable bonds is 3. The molecule has 0 unspecified atom stereocenters. The van der Waals surface area contributed by atoms with Gasteiger partial charge >= 0.3 is 0 Å². The lowest BCUT2D eigenvalue weighted by atomic mass is 10.3. The smallest absolute Gasteiger partial charge is 0.245 e. The minimum absolute atomic E-state index is 0.0103. The van der Waals surface area contributed by atoms with Crippen LogP contribution in [0.1, 0.15) is 16.1 Å². The zero-order valence-electron chi connectivity index (χ0n) is 6.77. The van der Waals surface area contributed by atoms with Gasteiger partial charge in [-0.15, -0.1) is 11.6 Å². The van der Waals surface area contributed by atoms with E-state index in [0.29, 0.717) is 5.33 Å². The highest BCUT2D eigenvalue weighted by Crippen LogP contribution is 2.17. The van der Waals surface area contributed by atoms with Crippen molar-refractivity contribution in [2.45, 2.75) is 10.7 Å². The summed E-state index contributed by atoms with van der Waals surface area (Å²) in [6.07, 6.45) is 1.75. The SMILES string of the molecule is O=C(CCl)n1ccc(CBr)c1CBr. The molecule has 1 aromatic rings. The lowest BCUT2D eigenvalue weighted by molar-refractivity contribution is 0.0938. The minimum Gasteiger partial charge on any atom is -0.289 e. The van der Waals surface area contributed by atoms with E-state index in [9.17, 15) is 4.79 Å². The Morgan fingerprint density at radius 1 is 1.46 bits per heavy atom. The van der Waals surface area contributed by atoms with Crippen molar-refractivity contribution < 1.29 is 4.79 Å². The quantitative estimate of drug-likeness (QED) is 0.781. The molecule has 0 fully saturated rings. The first-order valence-electron chi connectivity index (χ1n) is 3.64. The molecule has 0 atom stereocenters. The maximum atomic E-state index is 11.3. The summed E-state index contributed by atoms with van der Waals surface area (Å²) in [6, 6.07) is 1.91. The molecule has 1 rings (SSSR count). The maximum absolute atomic E-state index is 11.3. The molecule has 0 N–H and O–H groups in total. The number of nitrogens with zero attached hydrogens (tertiary/aromatic N) is 1. The molecule has 0 saturated heterocycles. The molecule has 1 heterocycles. The second-order valence-electron chi connectivity index (χ2n) is 2.45. The number of hydrogen-bond donors (Lipinski definition) is 0. The lowest BCUT2D eigenvalue weighted by Crippen LogP contribution is -2.13. The van der Waals surface area contributed by atoms with Crippen molar-refractivity contribution in [2.24, 2.45) is 0 Å². The average Bonchev–Trinajstić information content (AvgIpc) is 2.58. The number of carbonyl (C=O) groups excluding carboxylic acids is 1. The summed E-state index contributed by atoms with van der Waals surface area (Å²) in [5.41, 5.74) is 2.07. The van der Waals surface area contributed by atoms with Gasteiger partial charge in [0.2, 0.25) is 5.91 Å². The highest BCUT2D eigenvalue weighted by Gasteiger charge is 2.11. The summed E-state index contributed by atoms with van der Waals surface area (Å²) < 4.78 is 1.58. The average molecular weight is 329 g/mol. The molecule has 0 aliphatic heterocycles. The third-order valence-electron chi connectivity index (χ3n) is 1.74. The van der Waals surface area contributed by atoms with Gasteiger partial charge in [-0.2, -0.15) is 0 Å². The molecule has 0 saturated carbocycles. The van der Waals surface area contributed by atoms with E-state index in [0.717, 1.165) is 16.6 Å². The van der Waals surface area contributed by atoms with Gasteiger partial charge in [-0.1, -0.05) is 31.9 Å². The van der Waals surface area contributed by atoms with Crippen LogP contribution in [-0.2, 0) is 10.7 Å². The molecule has 0 spiro atoms. The summed E-state index contributed by atoms with van der Waals surface area (Å²) in [5.74, 6) is -0.0838. The Balaban J connectivity index is 3.07. The van der Waals surface area contributed by atoms with E-state index in [1.165, 1.54) is 0 Å². The van der Waals surface area contributed by atoms with Gasteiger partial charge < -0.3 is 0 Å². The second-order valence-corrected chi connectivity index (χ2v) is 3.84. The molecule has 2 nitrogen and oxygen atoms in total. The standard InChI is InChI=1S/C8H8Br2ClNO/c9-3-6-1-2-12(7(6)4-10)8(13)5-11/h1-2H,3-5H2. The monoisotopic (exact) mass is 327 g/mol. The fourth-order valence-corrected chi connectivity index (χ4v) is 2.34. The Labute approximate surface area is 98.5 Å². The first-order chi connectivity index (χ1) is 6.24. The van der Waals surface area contributed by atoms with Crippen LogP contribution < -0.4 is 0 Å². The topological polar surface area (TPSA) is 22.0 Å². The Bertz CT molecular complexity index is 311. The van der Waals surface area contributed by atoms with Gasteiger partial charge in [0, 0.05) is 22.6 Å². The lowest BCUT2D eigenvalue weighted by Gasteiger charge is -2.04. The summed E-state index contributed by atoms with van der Waals surface area (Å²) in [5, 5.41) is 1.40. The number of carbonyl (C=O) groups is 1. The van der Waals surface area contributed by atoms with Crippen molar-refractivity contribution in [3.05, 3.63) is 23.5 Å². The van der Waals surface area contributed by atoms with Crippen LogP contribution >= 0.6 is 43.5 Å². The zero-order valence-corrected chi connectivity index (χ0v) is 10.7. The third-order valence-corrected chi connectivity index (χ3v) is 3.10. The normalized spacial score (nSPS) is 10.4. The molecule has 0 aromatic carbocycles. The molecule has 72 valence electrons. The van der Waals surface area contributed by atoms with Crippen LogP contribution in [0.15, 0.2) is 12.3 Å². The van der Waals surface area contributed by atoms with E-state index < -0.39 is 0 Å². The Hall–Kier alpha value is 0.200. The van der Waals surface area contributed by atoms with E-state index in [2.05, 4.69) is 31.9 Å². The molecule has 0 bridgehead atoms. The number of hydrogen-bond acceptors (Lipinski definition) is 1. The highest BCUT2D eigenvalue weighted by molar-refractivity contribution is 9.09. The molecular formula is C8H8Br2ClNO. The van der Waals surface area contributed by atoms with Crippen molar-refractivity contribution in [1.82, 2.24) is 4.57 Å². The van der Waals surface area contributed by atoms with Crippen molar-refractivity contribution >= 4 is 49.4 Å². The number of alkyl halides is 3. The van der Waals surface area contributed by atoms with Crippen LogP contribution in [0, 0.1) is 0 Å². The molecule has 5 heteroatoms. The summed E-state index contributed by atoms with van der Waals surface area (Å²) in [4.78, 5) is 11.3. The van der Waals surface area contributed by atoms with E-state index >= 15 is 0 Å². The number of halogens is 3. The van der Waals surface area contributed by atoms with Crippen LogP contribution in [0.3, 0.4) is 0 Å². The third kappa shape index (κ3) is 2.36. The minimum atomic E-state index is -0.0942. The van der Waals surface area contributed by atoms with Gasteiger partial charge in [0.05, 0.1) is 0 Å². The predicted octanol–water partition coefficient (Wildman–Crippen LogP) is 3.16. The van der Waals surface area contributed by atoms with Crippen molar-refractivity contribution in [2.75, 3.05) is 5.88 Å². The van der Waals surface area contributed by atoms with Crippen LogP contribution in [0.2, 0.25) is 0 Å². The van der Waals surface area contributed by atoms with E-state index in [1.807, 2.05) is 6.07 Å². The van der Waals surface area contributed by atoms with Crippen LogP contribution in [-0.4, -0.2) is 16.4 Å². The zero-order chi connectivity index (χ0) is 9.84. The van der Waals surface area contributed by atoms with Crippen molar-refractivity contribution in [1.29, 1.82) is 0 Å². The molecule has 1 aromatic heterocycles. The van der Waals surface area contributed by atoms with Crippen molar-refractivity contribution in [3.8, 4) is 0 Å². The first-order valence-corrected chi connectivity index (χ1v) is 6.42. The predicted molar refractivity (Wildman–Crippen MR) is 61.0 cm³/mol. The maximum Gasteiger partial charge on any atom is 0.245 e. The Kier molecular flexibility index (Phi) is 4.49. The fourth-order valence-electron chi connectivity index (χ4n) is 1.08. The number of aromatic nitrogens is 1. The molecular weight excluding hydrogens is 321 g/mol. The highest BCUT2D eigenvalue weighted by atomic mass is 79.9. The first kappa shape index (κ1) is 11.3. The molecule has 0 amide bonds. The van der Waals surface area contributed by atoms with Gasteiger partial charge in [-0.05, 0) is 11.6 Å². The van der Waals surface area contributed by atoms with Gasteiger partial charge in [0.15, 0.2) is 0 Å². The van der Waals surface area contributed by atoms with Gasteiger partial charge in [-0.25, -0.2) is 0 Å². The molecule has 0 radical (unpaired) electrons. The van der Waals surface area contributed by atoms with Crippen molar-refractivity contribution in [3.63, 3.8) is 0 Å². The molecule has 0 aliphatic rings. The van der Waals surface area contributed by atoms with Gasteiger partial charge in [0.25, 0.3) is 0 Å². The van der Waals surface area contributed by atoms with E-state index in [1.54, 1.807) is 10.8 Å². The summed E-state index contributed by atoms with van der Waals surface area (Å²) >= 11 is 12.2. The van der Waals surface area contributed by atoms with Crippen LogP contribution in [0.25, 0.3) is 0 Å². The Morgan fingerprint density at radius 3 is 2.62 bits per heavy atom. The van der Waals surface area contributed by atoms with E-state index in [-0.39, 0.29) is 11.8 Å². The fraction of sp³-hybridized carbons (Fsp3) is 0.375.